The molecule has 10 heteroatoms. The molecule has 0 fully saturated rings. The van der Waals surface area contributed by atoms with Crippen molar-refractivity contribution in [2.45, 2.75) is 25.7 Å². The molecular weight excluding hydrogens is 361 g/mol. The summed E-state index contributed by atoms with van der Waals surface area (Å²) in [4.78, 5) is 23.3. The number of nitrogens with zero attached hydrogens (tertiary/aromatic N) is 1. The molecule has 1 aromatic carbocycles. The lowest BCUT2D eigenvalue weighted by Gasteiger charge is -2.18. The summed E-state index contributed by atoms with van der Waals surface area (Å²) >= 11 is 1.09. The Balaban J connectivity index is 2.18. The van der Waals surface area contributed by atoms with E-state index in [4.69, 9.17) is 5.11 Å². The highest BCUT2D eigenvalue weighted by Gasteiger charge is 2.31. The van der Waals surface area contributed by atoms with E-state index >= 15 is 0 Å². The van der Waals surface area contributed by atoms with Gasteiger partial charge in [0, 0.05) is 5.38 Å². The van der Waals surface area contributed by atoms with Gasteiger partial charge >= 0.3 is 12.3 Å². The molecule has 0 saturated carbocycles. The van der Waals surface area contributed by atoms with Crippen molar-refractivity contribution in [1.29, 1.82) is 0 Å². The lowest BCUT2D eigenvalue weighted by atomic mass is 10.0. The molecule has 1 aromatic heterocycles. The van der Waals surface area contributed by atoms with E-state index in [1.165, 1.54) is 17.5 Å². The zero-order chi connectivity index (χ0) is 18.6. The van der Waals surface area contributed by atoms with Crippen LogP contribution in [0.15, 0.2) is 29.6 Å². The first-order chi connectivity index (χ1) is 11.7. The predicted octanol–water partition coefficient (Wildman–Crippen LogP) is 3.30. The third-order valence-electron chi connectivity index (χ3n) is 3.19. The average Bonchev–Trinajstić information content (AvgIpc) is 2.91. The van der Waals surface area contributed by atoms with Gasteiger partial charge in [-0.3, -0.25) is 9.59 Å². The van der Waals surface area contributed by atoms with Gasteiger partial charge in [0.25, 0.3) is 5.91 Å². The van der Waals surface area contributed by atoms with E-state index in [-0.39, 0.29) is 0 Å². The van der Waals surface area contributed by atoms with Crippen LogP contribution < -0.4 is 10.1 Å². The molecular formula is C15H13F3N2O4S. The van der Waals surface area contributed by atoms with Gasteiger partial charge in [-0.2, -0.15) is 4.37 Å². The number of carboxylic acid groups (broad SMARTS) is 1. The summed E-state index contributed by atoms with van der Waals surface area (Å²) in [5.41, 5.74) is 1.16. The van der Waals surface area contributed by atoms with Crippen molar-refractivity contribution in [1.82, 2.24) is 9.69 Å². The number of aryl methyl sites for hydroxylation is 1. The fraction of sp³-hybridized carbons (Fsp3) is 0.267. The minimum atomic E-state index is -4.82. The van der Waals surface area contributed by atoms with Gasteiger partial charge in [-0.1, -0.05) is 12.1 Å². The average molecular weight is 374 g/mol. The summed E-state index contributed by atoms with van der Waals surface area (Å²) in [5, 5.41) is 13.1. The molecule has 0 radical (unpaired) electrons. The predicted molar refractivity (Wildman–Crippen MR) is 82.4 cm³/mol. The number of ether oxygens (including phenoxy) is 1. The summed E-state index contributed by atoms with van der Waals surface area (Å²) in [6, 6.07) is 3.74. The van der Waals surface area contributed by atoms with Crippen LogP contribution in [0.25, 0.3) is 0 Å². The molecule has 0 aliphatic heterocycles. The van der Waals surface area contributed by atoms with E-state index in [1.807, 2.05) is 0 Å². The normalized spacial score (nSPS) is 12.5. The zero-order valence-electron chi connectivity index (χ0n) is 12.8. The highest BCUT2D eigenvalue weighted by atomic mass is 32.1. The zero-order valence-corrected chi connectivity index (χ0v) is 13.6. The van der Waals surface area contributed by atoms with Crippen LogP contribution in [0.2, 0.25) is 0 Å². The summed E-state index contributed by atoms with van der Waals surface area (Å²) in [6.07, 6.45) is -5.25. The van der Waals surface area contributed by atoms with Crippen LogP contribution in [-0.4, -0.2) is 27.7 Å². The van der Waals surface area contributed by atoms with Crippen LogP contribution in [-0.2, 0) is 4.79 Å². The number of hydrogen-bond acceptors (Lipinski definition) is 5. The number of rotatable bonds is 6. The van der Waals surface area contributed by atoms with Crippen molar-refractivity contribution in [2.24, 2.45) is 0 Å². The second-order valence-electron chi connectivity index (χ2n) is 5.05. The number of benzene rings is 1. The van der Waals surface area contributed by atoms with Gasteiger partial charge in [-0.15, -0.1) is 13.2 Å². The van der Waals surface area contributed by atoms with E-state index in [2.05, 4.69) is 14.4 Å². The molecule has 1 unspecified atom stereocenters. The summed E-state index contributed by atoms with van der Waals surface area (Å²) in [7, 11) is 0. The lowest BCUT2D eigenvalue weighted by molar-refractivity contribution is -0.274. The van der Waals surface area contributed by atoms with Gasteiger partial charge in [0.1, 0.15) is 5.75 Å². The summed E-state index contributed by atoms with van der Waals surface area (Å²) in [6.45, 7) is 1.64. The Kier molecular flexibility index (Phi) is 5.62. The molecule has 1 atom stereocenters. The van der Waals surface area contributed by atoms with Gasteiger partial charge in [0.15, 0.2) is 0 Å². The van der Waals surface area contributed by atoms with Gasteiger partial charge in [0.2, 0.25) is 0 Å². The SMILES string of the molecule is Cc1nscc1C(=O)NC(CC(=O)O)c1ccc(OC(F)(F)F)cc1. The van der Waals surface area contributed by atoms with Gasteiger partial charge in [-0.05, 0) is 36.2 Å². The first-order valence-electron chi connectivity index (χ1n) is 6.95. The fourth-order valence-corrected chi connectivity index (χ4v) is 2.77. The second-order valence-corrected chi connectivity index (χ2v) is 5.68. The number of nitrogens with one attached hydrogen (secondary N) is 1. The maximum atomic E-state index is 12.2. The molecule has 0 aliphatic carbocycles. The monoisotopic (exact) mass is 374 g/mol. The van der Waals surface area contributed by atoms with Crippen LogP contribution in [0, 0.1) is 6.92 Å². The number of carbonyl (C=O) groups excluding carboxylic acids is 1. The Morgan fingerprint density at radius 3 is 2.44 bits per heavy atom. The largest absolute Gasteiger partial charge is 0.573 e. The number of hydrogen-bond donors (Lipinski definition) is 2. The molecule has 1 heterocycles. The fourth-order valence-electron chi connectivity index (χ4n) is 2.08. The summed E-state index contributed by atoms with van der Waals surface area (Å²) in [5.74, 6) is -2.11. The molecule has 0 bridgehead atoms. The molecule has 134 valence electrons. The molecule has 0 spiro atoms. The standard InChI is InChI=1S/C15H13F3N2O4S/c1-8-11(7-25-20-8)14(23)19-12(6-13(21)22)9-2-4-10(5-3-9)24-15(16,17)18/h2-5,7,12H,6H2,1H3,(H,19,23)(H,21,22). The Morgan fingerprint density at radius 1 is 1.32 bits per heavy atom. The van der Waals surface area contributed by atoms with Crippen molar-refractivity contribution < 1.29 is 32.6 Å². The lowest BCUT2D eigenvalue weighted by Crippen LogP contribution is -2.30. The molecule has 0 saturated heterocycles. The molecule has 2 aromatic rings. The number of carboxylic acids is 1. The van der Waals surface area contributed by atoms with Crippen molar-refractivity contribution >= 4 is 23.4 Å². The Morgan fingerprint density at radius 2 is 1.96 bits per heavy atom. The minimum Gasteiger partial charge on any atom is -0.481 e. The Bertz CT molecular complexity index is 759. The Labute approximate surface area is 144 Å². The van der Waals surface area contributed by atoms with Crippen LogP contribution in [0.4, 0.5) is 13.2 Å². The first kappa shape index (κ1) is 18.7. The van der Waals surface area contributed by atoms with Gasteiger partial charge in [-0.25, -0.2) is 0 Å². The smallest absolute Gasteiger partial charge is 0.481 e. The van der Waals surface area contributed by atoms with E-state index in [0.717, 1.165) is 23.7 Å². The molecule has 25 heavy (non-hydrogen) atoms. The number of carbonyl (C=O) groups is 2. The van der Waals surface area contributed by atoms with Crippen molar-refractivity contribution in [3.8, 4) is 5.75 Å². The van der Waals surface area contributed by atoms with E-state index in [1.54, 1.807) is 6.92 Å². The third kappa shape index (κ3) is 5.45. The van der Waals surface area contributed by atoms with Crippen LogP contribution >= 0.6 is 11.5 Å². The van der Waals surface area contributed by atoms with Crippen LogP contribution in [0.1, 0.15) is 34.1 Å². The van der Waals surface area contributed by atoms with Gasteiger partial charge in [0.05, 0.1) is 23.7 Å². The minimum absolute atomic E-state index is 0.317. The first-order valence-corrected chi connectivity index (χ1v) is 7.78. The maximum Gasteiger partial charge on any atom is 0.573 e. The summed E-state index contributed by atoms with van der Waals surface area (Å²) < 4.78 is 44.3. The molecule has 0 aliphatic rings. The number of amides is 1. The number of aliphatic carboxylic acids is 1. The number of aromatic nitrogens is 1. The van der Waals surface area contributed by atoms with Gasteiger partial charge < -0.3 is 15.2 Å². The van der Waals surface area contributed by atoms with Crippen molar-refractivity contribution in [2.75, 3.05) is 0 Å². The van der Waals surface area contributed by atoms with Crippen LogP contribution in [0.3, 0.4) is 0 Å². The van der Waals surface area contributed by atoms with E-state index in [9.17, 15) is 22.8 Å². The molecule has 6 nitrogen and oxygen atoms in total. The van der Waals surface area contributed by atoms with Crippen molar-refractivity contribution in [3.05, 3.63) is 46.5 Å². The number of alkyl halides is 3. The molecule has 2 N–H and O–H groups in total. The highest BCUT2D eigenvalue weighted by molar-refractivity contribution is 7.03. The van der Waals surface area contributed by atoms with E-state index in [0.29, 0.717) is 16.8 Å². The maximum absolute atomic E-state index is 12.2. The third-order valence-corrected chi connectivity index (χ3v) is 3.92. The molecule has 1 amide bonds. The topological polar surface area (TPSA) is 88.5 Å². The Hall–Kier alpha value is -2.62. The second kappa shape index (κ2) is 7.51. The number of halogens is 3. The molecule has 2 rings (SSSR count). The quantitative estimate of drug-likeness (QED) is 0.810. The van der Waals surface area contributed by atoms with Crippen LogP contribution in [0.5, 0.6) is 5.75 Å². The van der Waals surface area contributed by atoms with E-state index < -0.39 is 36.5 Å². The van der Waals surface area contributed by atoms with Crippen molar-refractivity contribution in [3.63, 3.8) is 0 Å². The highest BCUT2D eigenvalue weighted by Crippen LogP contribution is 2.26.